The van der Waals surface area contributed by atoms with Crippen LogP contribution in [0.4, 0.5) is 5.82 Å². The number of para-hydroxylation sites is 1. The second-order valence-electron chi connectivity index (χ2n) is 5.23. The number of anilines is 1. The van der Waals surface area contributed by atoms with Crippen molar-refractivity contribution in [2.24, 2.45) is 0 Å². The highest BCUT2D eigenvalue weighted by atomic mass is 32.2. The summed E-state index contributed by atoms with van der Waals surface area (Å²) in [5.41, 5.74) is 6.34. The van der Waals surface area contributed by atoms with E-state index >= 15 is 0 Å². The molecule has 1 aromatic heterocycles. The fourth-order valence-corrected chi connectivity index (χ4v) is 4.27. The molecule has 114 valence electrons. The van der Waals surface area contributed by atoms with Gasteiger partial charge in [0.25, 0.3) is 10.0 Å². The zero-order valence-corrected chi connectivity index (χ0v) is 12.9. The maximum atomic E-state index is 13.1. The van der Waals surface area contributed by atoms with Crippen molar-refractivity contribution in [1.82, 2.24) is 9.19 Å². The molecule has 0 fully saturated rings. The SMILES string of the molecule is Nc1nn(S(=O)(=O)c2cccc3ccccc23)c2ccccc12. The Hall–Kier alpha value is -2.86. The number of fused-ring (bicyclic) bond motifs is 2. The maximum absolute atomic E-state index is 13.1. The van der Waals surface area contributed by atoms with Crippen LogP contribution in [0.25, 0.3) is 21.7 Å². The fourth-order valence-electron chi connectivity index (χ4n) is 2.76. The number of nitrogens with two attached hydrogens (primary N) is 1. The van der Waals surface area contributed by atoms with Gasteiger partial charge in [-0.1, -0.05) is 48.5 Å². The molecule has 0 aliphatic rings. The summed E-state index contributed by atoms with van der Waals surface area (Å²) in [6.07, 6.45) is 0. The first kappa shape index (κ1) is 13.8. The molecule has 5 nitrogen and oxygen atoms in total. The summed E-state index contributed by atoms with van der Waals surface area (Å²) in [5, 5.41) is 6.19. The van der Waals surface area contributed by atoms with Crippen LogP contribution in [-0.2, 0) is 10.0 Å². The molecule has 0 saturated heterocycles. The summed E-state index contributed by atoms with van der Waals surface area (Å²) < 4.78 is 27.3. The van der Waals surface area contributed by atoms with Gasteiger partial charge in [0.2, 0.25) is 0 Å². The number of hydrogen-bond acceptors (Lipinski definition) is 4. The maximum Gasteiger partial charge on any atom is 0.284 e. The lowest BCUT2D eigenvalue weighted by Crippen LogP contribution is -2.15. The number of rotatable bonds is 2. The van der Waals surface area contributed by atoms with E-state index in [1.54, 1.807) is 42.5 Å². The van der Waals surface area contributed by atoms with E-state index in [0.29, 0.717) is 16.3 Å². The third-order valence-electron chi connectivity index (χ3n) is 3.84. The van der Waals surface area contributed by atoms with Gasteiger partial charge in [-0.15, -0.1) is 5.10 Å². The van der Waals surface area contributed by atoms with Crippen LogP contribution in [0.1, 0.15) is 0 Å². The van der Waals surface area contributed by atoms with Crippen LogP contribution in [0, 0.1) is 0 Å². The Labute approximate surface area is 133 Å². The van der Waals surface area contributed by atoms with Crippen molar-refractivity contribution in [3.05, 3.63) is 66.7 Å². The van der Waals surface area contributed by atoms with Gasteiger partial charge in [-0.2, -0.15) is 12.5 Å². The summed E-state index contributed by atoms with van der Waals surface area (Å²) in [4.78, 5) is 0.212. The molecule has 0 aliphatic carbocycles. The molecule has 6 heteroatoms. The molecule has 0 spiro atoms. The molecule has 4 aromatic rings. The summed E-state index contributed by atoms with van der Waals surface area (Å²) >= 11 is 0. The molecule has 4 rings (SSSR count). The van der Waals surface area contributed by atoms with Gasteiger partial charge in [-0.05, 0) is 23.6 Å². The van der Waals surface area contributed by atoms with Gasteiger partial charge in [0.15, 0.2) is 5.82 Å². The first-order chi connectivity index (χ1) is 11.1. The number of aromatic nitrogens is 2. The minimum Gasteiger partial charge on any atom is -0.382 e. The molecule has 0 amide bonds. The lowest BCUT2D eigenvalue weighted by Gasteiger charge is -2.09. The molecule has 3 aromatic carbocycles. The van der Waals surface area contributed by atoms with Gasteiger partial charge in [-0.25, -0.2) is 0 Å². The molecule has 0 aliphatic heterocycles. The smallest absolute Gasteiger partial charge is 0.284 e. The Balaban J connectivity index is 2.07. The van der Waals surface area contributed by atoms with E-state index in [9.17, 15) is 8.42 Å². The van der Waals surface area contributed by atoms with E-state index in [4.69, 9.17) is 5.73 Å². The number of benzene rings is 3. The van der Waals surface area contributed by atoms with Gasteiger partial charge in [-0.3, -0.25) is 0 Å². The average Bonchev–Trinajstić information content (AvgIpc) is 2.92. The van der Waals surface area contributed by atoms with Crippen LogP contribution >= 0.6 is 0 Å². The van der Waals surface area contributed by atoms with Gasteiger partial charge < -0.3 is 5.73 Å². The minimum atomic E-state index is -3.85. The van der Waals surface area contributed by atoms with E-state index in [1.807, 2.05) is 24.3 Å². The summed E-state index contributed by atoms with van der Waals surface area (Å²) in [6, 6.07) is 19.6. The van der Waals surface area contributed by atoms with Crippen LogP contribution in [-0.4, -0.2) is 17.6 Å². The molecule has 0 saturated carbocycles. The van der Waals surface area contributed by atoms with Gasteiger partial charge >= 0.3 is 0 Å². The molecule has 0 atom stereocenters. The third kappa shape index (κ3) is 1.99. The third-order valence-corrected chi connectivity index (χ3v) is 5.49. The van der Waals surface area contributed by atoms with Crippen LogP contribution < -0.4 is 5.73 Å². The molecule has 0 radical (unpaired) electrons. The fraction of sp³-hybridized carbons (Fsp3) is 0. The summed E-state index contributed by atoms with van der Waals surface area (Å²) in [7, 11) is -3.85. The number of hydrogen-bond donors (Lipinski definition) is 1. The van der Waals surface area contributed by atoms with Crippen molar-refractivity contribution in [3.8, 4) is 0 Å². The highest BCUT2D eigenvalue weighted by Crippen LogP contribution is 2.28. The molecular weight excluding hydrogens is 310 g/mol. The molecule has 23 heavy (non-hydrogen) atoms. The van der Waals surface area contributed by atoms with E-state index in [-0.39, 0.29) is 10.7 Å². The lowest BCUT2D eigenvalue weighted by molar-refractivity contribution is 0.583. The molecule has 0 bridgehead atoms. The van der Waals surface area contributed by atoms with Crippen LogP contribution in [0.3, 0.4) is 0 Å². The van der Waals surface area contributed by atoms with Crippen molar-refractivity contribution < 1.29 is 8.42 Å². The van der Waals surface area contributed by atoms with Crippen LogP contribution in [0.15, 0.2) is 71.6 Å². The largest absolute Gasteiger partial charge is 0.382 e. The Bertz CT molecular complexity index is 1140. The van der Waals surface area contributed by atoms with Crippen LogP contribution in [0.5, 0.6) is 0 Å². The van der Waals surface area contributed by atoms with Gasteiger partial charge in [0.05, 0.1) is 10.4 Å². The highest BCUT2D eigenvalue weighted by Gasteiger charge is 2.23. The van der Waals surface area contributed by atoms with E-state index in [1.165, 1.54) is 0 Å². The topological polar surface area (TPSA) is 78.0 Å². The van der Waals surface area contributed by atoms with Crippen molar-refractivity contribution in [1.29, 1.82) is 0 Å². The van der Waals surface area contributed by atoms with Crippen molar-refractivity contribution >= 4 is 37.5 Å². The zero-order valence-electron chi connectivity index (χ0n) is 12.0. The molecule has 1 heterocycles. The van der Waals surface area contributed by atoms with Crippen molar-refractivity contribution in [2.45, 2.75) is 4.90 Å². The zero-order chi connectivity index (χ0) is 16.0. The van der Waals surface area contributed by atoms with Crippen molar-refractivity contribution in [3.63, 3.8) is 0 Å². The number of nitrogen functional groups attached to an aromatic ring is 1. The van der Waals surface area contributed by atoms with E-state index in [0.717, 1.165) is 9.47 Å². The molecule has 0 unspecified atom stereocenters. The summed E-state index contributed by atoms with van der Waals surface area (Å²) in [5.74, 6) is 0.199. The van der Waals surface area contributed by atoms with Gasteiger partial charge in [0, 0.05) is 10.8 Å². The quantitative estimate of drug-likeness (QED) is 0.615. The highest BCUT2D eigenvalue weighted by molar-refractivity contribution is 7.90. The Kier molecular flexibility index (Phi) is 2.89. The minimum absolute atomic E-state index is 0.199. The van der Waals surface area contributed by atoms with E-state index < -0.39 is 10.0 Å². The molecular formula is C17H13N3O2S. The van der Waals surface area contributed by atoms with Crippen LogP contribution in [0.2, 0.25) is 0 Å². The Morgan fingerprint density at radius 1 is 0.826 bits per heavy atom. The lowest BCUT2D eigenvalue weighted by atomic mass is 10.1. The second-order valence-corrected chi connectivity index (χ2v) is 6.96. The van der Waals surface area contributed by atoms with Gasteiger partial charge in [0.1, 0.15) is 0 Å². The predicted molar refractivity (Wildman–Crippen MR) is 90.7 cm³/mol. The number of nitrogens with zero attached hydrogens (tertiary/aromatic N) is 2. The monoisotopic (exact) mass is 323 g/mol. The van der Waals surface area contributed by atoms with Crippen molar-refractivity contribution in [2.75, 3.05) is 5.73 Å². The Morgan fingerprint density at radius 3 is 2.30 bits per heavy atom. The normalized spacial score (nSPS) is 12.0. The Morgan fingerprint density at radius 2 is 1.48 bits per heavy atom. The second kappa shape index (κ2) is 4.82. The predicted octanol–water partition coefficient (Wildman–Crippen LogP) is 3.01. The first-order valence-electron chi connectivity index (χ1n) is 7.05. The van der Waals surface area contributed by atoms with E-state index in [2.05, 4.69) is 5.10 Å². The molecule has 2 N–H and O–H groups in total. The standard InChI is InChI=1S/C17H13N3O2S/c18-17-14-9-3-4-10-15(14)20(19-17)23(21,22)16-11-5-7-12-6-1-2-8-13(12)16/h1-11H,(H2,18,19). The average molecular weight is 323 g/mol. The summed E-state index contributed by atoms with van der Waals surface area (Å²) in [6.45, 7) is 0. The first-order valence-corrected chi connectivity index (χ1v) is 8.49.